The molecule has 0 unspecified atom stereocenters. The van der Waals surface area contributed by atoms with Gasteiger partial charge in [0.15, 0.2) is 11.5 Å². The van der Waals surface area contributed by atoms with Crippen LogP contribution in [0, 0.1) is 0 Å². The summed E-state index contributed by atoms with van der Waals surface area (Å²) in [6, 6.07) is 13.0. The molecule has 1 aliphatic rings. The molecule has 0 saturated carbocycles. The number of carbonyl (C=O) groups excluding carboxylic acids is 2. The molecule has 2 aromatic carbocycles. The average Bonchev–Trinajstić information content (AvgIpc) is 3.12. The summed E-state index contributed by atoms with van der Waals surface area (Å²) in [5.41, 5.74) is 2.53. The van der Waals surface area contributed by atoms with Crippen molar-refractivity contribution in [2.75, 3.05) is 24.8 Å². The van der Waals surface area contributed by atoms with Crippen LogP contribution >= 0.6 is 0 Å². The zero-order valence-electron chi connectivity index (χ0n) is 16.7. The molecule has 1 N–H and O–H groups in total. The number of fused-ring (bicyclic) bond motifs is 1. The van der Waals surface area contributed by atoms with Crippen LogP contribution in [0.1, 0.15) is 43.6 Å². The SMILES string of the molecule is CC(=O)N(CCNC(=O)c1ccc(C(C)(C)C)cc1)c1ccc2c(c1)OCO2. The van der Waals surface area contributed by atoms with Crippen molar-refractivity contribution in [2.45, 2.75) is 33.1 Å². The van der Waals surface area contributed by atoms with Gasteiger partial charge in [0.2, 0.25) is 12.7 Å². The van der Waals surface area contributed by atoms with Crippen LogP contribution in [-0.2, 0) is 10.2 Å². The standard InChI is InChI=1S/C22H26N2O4/c1-15(25)24(18-9-10-19-20(13-18)28-14-27-19)12-11-23-21(26)16-5-7-17(8-6-16)22(2,3)4/h5-10,13H,11-12,14H2,1-4H3,(H,23,26). The lowest BCUT2D eigenvalue weighted by atomic mass is 9.87. The number of benzene rings is 2. The maximum atomic E-state index is 12.4. The van der Waals surface area contributed by atoms with Gasteiger partial charge in [-0.25, -0.2) is 0 Å². The van der Waals surface area contributed by atoms with Gasteiger partial charge < -0.3 is 19.7 Å². The molecule has 1 heterocycles. The van der Waals surface area contributed by atoms with Gasteiger partial charge in [0.1, 0.15) is 0 Å². The maximum absolute atomic E-state index is 12.4. The number of hydrogen-bond acceptors (Lipinski definition) is 4. The van der Waals surface area contributed by atoms with Crippen LogP contribution in [0.25, 0.3) is 0 Å². The predicted molar refractivity (Wildman–Crippen MR) is 108 cm³/mol. The third-order valence-electron chi connectivity index (χ3n) is 4.68. The minimum atomic E-state index is -0.158. The maximum Gasteiger partial charge on any atom is 0.251 e. The highest BCUT2D eigenvalue weighted by Gasteiger charge is 2.18. The molecule has 0 aromatic heterocycles. The van der Waals surface area contributed by atoms with Crippen molar-refractivity contribution >= 4 is 17.5 Å². The molecule has 0 fully saturated rings. The molecule has 0 radical (unpaired) electrons. The Balaban J connectivity index is 1.60. The van der Waals surface area contributed by atoms with Crippen LogP contribution in [0.3, 0.4) is 0 Å². The summed E-state index contributed by atoms with van der Waals surface area (Å²) in [7, 11) is 0. The summed E-state index contributed by atoms with van der Waals surface area (Å²) in [5, 5.41) is 2.88. The predicted octanol–water partition coefficient (Wildman–Crippen LogP) is 3.50. The Morgan fingerprint density at radius 1 is 1.04 bits per heavy atom. The van der Waals surface area contributed by atoms with Crippen molar-refractivity contribution in [1.82, 2.24) is 5.32 Å². The Morgan fingerprint density at radius 3 is 2.36 bits per heavy atom. The van der Waals surface area contributed by atoms with Crippen molar-refractivity contribution in [2.24, 2.45) is 0 Å². The molecule has 0 atom stereocenters. The van der Waals surface area contributed by atoms with E-state index < -0.39 is 0 Å². The number of hydrogen-bond donors (Lipinski definition) is 1. The third kappa shape index (κ3) is 4.44. The Morgan fingerprint density at radius 2 is 1.71 bits per heavy atom. The number of amides is 2. The number of rotatable bonds is 5. The average molecular weight is 382 g/mol. The van der Waals surface area contributed by atoms with E-state index in [0.29, 0.717) is 35.8 Å². The van der Waals surface area contributed by atoms with E-state index in [4.69, 9.17) is 9.47 Å². The van der Waals surface area contributed by atoms with Gasteiger partial charge in [-0.2, -0.15) is 0 Å². The fourth-order valence-electron chi connectivity index (χ4n) is 3.03. The van der Waals surface area contributed by atoms with Crippen LogP contribution in [0.5, 0.6) is 11.5 Å². The normalized spacial score (nSPS) is 12.6. The van der Waals surface area contributed by atoms with Crippen LogP contribution in [0.2, 0.25) is 0 Å². The van der Waals surface area contributed by atoms with Gasteiger partial charge in [0.05, 0.1) is 0 Å². The highest BCUT2D eigenvalue weighted by atomic mass is 16.7. The zero-order valence-corrected chi connectivity index (χ0v) is 16.7. The van der Waals surface area contributed by atoms with Gasteiger partial charge in [0, 0.05) is 37.3 Å². The number of carbonyl (C=O) groups is 2. The van der Waals surface area contributed by atoms with Crippen LogP contribution < -0.4 is 19.7 Å². The van der Waals surface area contributed by atoms with Crippen LogP contribution in [0.15, 0.2) is 42.5 Å². The first-order valence-corrected chi connectivity index (χ1v) is 9.32. The highest BCUT2D eigenvalue weighted by Crippen LogP contribution is 2.35. The molecule has 148 valence electrons. The molecule has 6 nitrogen and oxygen atoms in total. The molecule has 3 rings (SSSR count). The lowest BCUT2D eigenvalue weighted by Gasteiger charge is -2.22. The Kier molecular flexibility index (Phi) is 5.58. The Bertz CT molecular complexity index is 869. The van der Waals surface area contributed by atoms with E-state index in [9.17, 15) is 9.59 Å². The Labute approximate surface area is 165 Å². The summed E-state index contributed by atoms with van der Waals surface area (Å²) < 4.78 is 10.7. The quantitative estimate of drug-likeness (QED) is 0.859. The van der Waals surface area contributed by atoms with Crippen LogP contribution in [-0.4, -0.2) is 31.7 Å². The first-order chi connectivity index (χ1) is 13.3. The van der Waals surface area contributed by atoms with Gasteiger partial charge in [-0.05, 0) is 35.2 Å². The number of nitrogens with zero attached hydrogens (tertiary/aromatic N) is 1. The van der Waals surface area contributed by atoms with E-state index in [-0.39, 0.29) is 24.0 Å². The second kappa shape index (κ2) is 7.92. The first kappa shape index (κ1) is 19.7. The summed E-state index contributed by atoms with van der Waals surface area (Å²) in [4.78, 5) is 26.1. The van der Waals surface area contributed by atoms with E-state index in [2.05, 4.69) is 26.1 Å². The summed E-state index contributed by atoms with van der Waals surface area (Å²) >= 11 is 0. The van der Waals surface area contributed by atoms with Crippen molar-refractivity contribution in [3.05, 3.63) is 53.6 Å². The van der Waals surface area contributed by atoms with Gasteiger partial charge in [-0.3, -0.25) is 9.59 Å². The molecular formula is C22H26N2O4. The first-order valence-electron chi connectivity index (χ1n) is 9.32. The Hall–Kier alpha value is -3.02. The lowest BCUT2D eigenvalue weighted by molar-refractivity contribution is -0.116. The van der Waals surface area contributed by atoms with Gasteiger partial charge in [0.25, 0.3) is 5.91 Å². The van der Waals surface area contributed by atoms with Crippen LogP contribution in [0.4, 0.5) is 5.69 Å². The number of nitrogens with one attached hydrogen (secondary N) is 1. The highest BCUT2D eigenvalue weighted by molar-refractivity contribution is 5.95. The lowest BCUT2D eigenvalue weighted by Crippen LogP contribution is -2.37. The summed E-state index contributed by atoms with van der Waals surface area (Å²) in [6.45, 7) is 8.78. The second-order valence-corrected chi connectivity index (χ2v) is 7.79. The zero-order chi connectivity index (χ0) is 20.3. The number of anilines is 1. The smallest absolute Gasteiger partial charge is 0.251 e. The monoisotopic (exact) mass is 382 g/mol. The molecule has 2 amide bonds. The van der Waals surface area contributed by atoms with E-state index in [0.717, 1.165) is 0 Å². The van der Waals surface area contributed by atoms with E-state index in [1.54, 1.807) is 17.0 Å². The third-order valence-corrected chi connectivity index (χ3v) is 4.68. The summed E-state index contributed by atoms with van der Waals surface area (Å²) in [5.74, 6) is 1.02. The van der Waals surface area contributed by atoms with E-state index in [1.165, 1.54) is 12.5 Å². The van der Waals surface area contributed by atoms with Crippen molar-refractivity contribution < 1.29 is 19.1 Å². The number of ether oxygens (including phenoxy) is 2. The van der Waals surface area contributed by atoms with Gasteiger partial charge in [-0.15, -0.1) is 0 Å². The molecule has 0 saturated heterocycles. The van der Waals surface area contributed by atoms with Crippen molar-refractivity contribution in [1.29, 1.82) is 0 Å². The fraction of sp³-hybridized carbons (Fsp3) is 0.364. The summed E-state index contributed by atoms with van der Waals surface area (Å²) in [6.07, 6.45) is 0. The fourth-order valence-corrected chi connectivity index (χ4v) is 3.03. The second-order valence-electron chi connectivity index (χ2n) is 7.79. The topological polar surface area (TPSA) is 67.9 Å². The molecule has 6 heteroatoms. The molecule has 28 heavy (non-hydrogen) atoms. The largest absolute Gasteiger partial charge is 0.454 e. The molecule has 1 aliphatic heterocycles. The molecule has 0 spiro atoms. The minimum Gasteiger partial charge on any atom is -0.454 e. The van der Waals surface area contributed by atoms with E-state index >= 15 is 0 Å². The van der Waals surface area contributed by atoms with E-state index in [1.807, 2.05) is 30.3 Å². The molecular weight excluding hydrogens is 356 g/mol. The van der Waals surface area contributed by atoms with Crippen molar-refractivity contribution in [3.63, 3.8) is 0 Å². The molecule has 2 aromatic rings. The van der Waals surface area contributed by atoms with Gasteiger partial charge in [-0.1, -0.05) is 32.9 Å². The molecule has 0 aliphatic carbocycles. The van der Waals surface area contributed by atoms with Crippen molar-refractivity contribution in [3.8, 4) is 11.5 Å². The minimum absolute atomic E-state index is 0.0433. The van der Waals surface area contributed by atoms with Gasteiger partial charge >= 0.3 is 0 Å². The molecule has 0 bridgehead atoms.